The standard InChI is InChI=1S/C21H26Cl2O2/c1-12(24)15-6-7-16-17-5-4-13-10-14(25)8-9-20(13,3)21(17,23)18(22)11-19(15,16)2/h8-10,15-18H,4-7,11H2,1-3H3/t15-,16+,17+,18+,19-,20+,21+/m1/s1. The molecule has 0 radical (unpaired) electrons. The van der Waals surface area contributed by atoms with E-state index < -0.39 is 4.87 Å². The average molecular weight is 381 g/mol. The van der Waals surface area contributed by atoms with Gasteiger partial charge in [0.1, 0.15) is 5.78 Å². The first-order chi connectivity index (χ1) is 11.6. The van der Waals surface area contributed by atoms with Gasteiger partial charge in [0, 0.05) is 11.3 Å². The first kappa shape index (κ1) is 17.8. The van der Waals surface area contributed by atoms with Crippen LogP contribution in [0.15, 0.2) is 23.8 Å². The third-order valence-corrected chi connectivity index (χ3v) is 9.63. The van der Waals surface area contributed by atoms with Crippen LogP contribution in [0.1, 0.15) is 52.9 Å². The maximum atomic E-state index is 12.2. The Morgan fingerprint density at radius 2 is 1.92 bits per heavy atom. The predicted molar refractivity (Wildman–Crippen MR) is 101 cm³/mol. The zero-order valence-corrected chi connectivity index (χ0v) is 16.7. The van der Waals surface area contributed by atoms with E-state index >= 15 is 0 Å². The lowest BCUT2D eigenvalue weighted by Gasteiger charge is -2.63. The van der Waals surface area contributed by atoms with Crippen molar-refractivity contribution in [1.29, 1.82) is 0 Å². The molecule has 0 aliphatic heterocycles. The second kappa shape index (κ2) is 5.45. The highest BCUT2D eigenvalue weighted by atomic mass is 35.5. The molecule has 0 N–H and O–H groups in total. The molecule has 0 aromatic rings. The van der Waals surface area contributed by atoms with E-state index in [9.17, 15) is 9.59 Å². The van der Waals surface area contributed by atoms with Crippen molar-refractivity contribution in [3.63, 3.8) is 0 Å². The third-order valence-electron chi connectivity index (χ3n) is 8.09. The molecular formula is C21H26Cl2O2. The lowest BCUT2D eigenvalue weighted by atomic mass is 9.47. The van der Waals surface area contributed by atoms with Crippen molar-refractivity contribution >= 4 is 34.8 Å². The van der Waals surface area contributed by atoms with Crippen molar-refractivity contribution in [3.05, 3.63) is 23.8 Å². The van der Waals surface area contributed by atoms with Gasteiger partial charge in [0.2, 0.25) is 0 Å². The third kappa shape index (κ3) is 2.10. The number of fused-ring (bicyclic) bond motifs is 5. The first-order valence-corrected chi connectivity index (χ1v) is 10.2. The number of hydrogen-bond donors (Lipinski definition) is 0. The molecule has 3 fully saturated rings. The fourth-order valence-electron chi connectivity index (χ4n) is 6.81. The summed E-state index contributed by atoms with van der Waals surface area (Å²) in [5.74, 6) is 1.16. The predicted octanol–water partition coefficient (Wildman–Crippen LogP) is 5.08. The Labute approximate surface area is 160 Å². The van der Waals surface area contributed by atoms with Gasteiger partial charge >= 0.3 is 0 Å². The maximum absolute atomic E-state index is 12.2. The van der Waals surface area contributed by atoms with Gasteiger partial charge in [-0.1, -0.05) is 25.5 Å². The highest BCUT2D eigenvalue weighted by molar-refractivity contribution is 6.34. The van der Waals surface area contributed by atoms with Crippen molar-refractivity contribution in [3.8, 4) is 0 Å². The van der Waals surface area contributed by atoms with Crippen LogP contribution < -0.4 is 0 Å². The number of Topliss-reactive ketones (excluding diaryl/α,β-unsaturated/α-hetero) is 1. The number of carbonyl (C=O) groups excluding carboxylic acids is 2. The van der Waals surface area contributed by atoms with E-state index in [0.29, 0.717) is 11.7 Å². The smallest absolute Gasteiger partial charge is 0.178 e. The van der Waals surface area contributed by atoms with Crippen molar-refractivity contribution in [1.82, 2.24) is 0 Å². The number of hydrogen-bond acceptors (Lipinski definition) is 2. The normalized spacial score (nSPS) is 51.4. The van der Waals surface area contributed by atoms with E-state index in [-0.39, 0.29) is 33.8 Å². The minimum absolute atomic E-state index is 0.0485. The molecule has 0 saturated heterocycles. The summed E-state index contributed by atoms with van der Waals surface area (Å²) in [6, 6.07) is 0. The molecule has 0 heterocycles. The van der Waals surface area contributed by atoms with Crippen molar-refractivity contribution in [2.24, 2.45) is 28.6 Å². The van der Waals surface area contributed by atoms with Gasteiger partial charge in [-0.15, -0.1) is 23.2 Å². The molecule has 7 atom stereocenters. The number of halogens is 2. The lowest BCUT2D eigenvalue weighted by molar-refractivity contribution is -0.126. The van der Waals surface area contributed by atoms with Crippen molar-refractivity contribution in [2.75, 3.05) is 0 Å². The summed E-state index contributed by atoms with van der Waals surface area (Å²) in [4.78, 5) is 23.5. The van der Waals surface area contributed by atoms with Crippen LogP contribution in [0.5, 0.6) is 0 Å². The molecule has 0 spiro atoms. The zero-order valence-electron chi connectivity index (χ0n) is 15.1. The minimum Gasteiger partial charge on any atom is -0.300 e. The largest absolute Gasteiger partial charge is 0.300 e. The van der Waals surface area contributed by atoms with Crippen LogP contribution in [-0.2, 0) is 9.59 Å². The number of rotatable bonds is 1. The molecule has 0 unspecified atom stereocenters. The molecule has 4 aliphatic carbocycles. The summed E-state index contributed by atoms with van der Waals surface area (Å²) in [5.41, 5.74) is 0.696. The topological polar surface area (TPSA) is 34.1 Å². The molecule has 4 rings (SSSR count). The minimum atomic E-state index is -0.592. The molecule has 0 aromatic carbocycles. The zero-order chi connectivity index (χ0) is 18.2. The summed E-state index contributed by atoms with van der Waals surface area (Å²) >= 11 is 14.4. The molecule has 2 nitrogen and oxygen atoms in total. The van der Waals surface area contributed by atoms with E-state index in [1.807, 2.05) is 6.08 Å². The quantitative estimate of drug-likeness (QED) is 0.594. The Morgan fingerprint density at radius 1 is 1.20 bits per heavy atom. The molecule has 4 heteroatoms. The molecule has 0 aromatic heterocycles. The van der Waals surface area contributed by atoms with Crippen LogP contribution in [0.2, 0.25) is 0 Å². The van der Waals surface area contributed by atoms with Gasteiger partial charge in [0.15, 0.2) is 5.78 Å². The highest BCUT2D eigenvalue weighted by Gasteiger charge is 2.68. The molecule has 0 bridgehead atoms. The number of ketones is 2. The Kier molecular flexibility index (Phi) is 3.88. The molecule has 4 aliphatic rings. The average Bonchev–Trinajstić information content (AvgIpc) is 2.87. The molecule has 25 heavy (non-hydrogen) atoms. The van der Waals surface area contributed by atoms with Crippen LogP contribution >= 0.6 is 23.2 Å². The second-order valence-electron chi connectivity index (χ2n) is 9.05. The van der Waals surface area contributed by atoms with E-state index in [0.717, 1.165) is 37.7 Å². The van der Waals surface area contributed by atoms with E-state index in [2.05, 4.69) is 13.8 Å². The summed E-state index contributed by atoms with van der Waals surface area (Å²) < 4.78 is 0. The Morgan fingerprint density at radius 3 is 2.60 bits per heavy atom. The number of carbonyl (C=O) groups is 2. The summed E-state index contributed by atoms with van der Waals surface area (Å²) in [5, 5.41) is -0.216. The lowest BCUT2D eigenvalue weighted by Crippen LogP contribution is -2.64. The maximum Gasteiger partial charge on any atom is 0.178 e. The van der Waals surface area contributed by atoms with Gasteiger partial charge in [-0.05, 0) is 68.4 Å². The van der Waals surface area contributed by atoms with Crippen LogP contribution in [0.25, 0.3) is 0 Å². The second-order valence-corrected chi connectivity index (χ2v) is 10.2. The summed E-state index contributed by atoms with van der Waals surface area (Å²) in [6.45, 7) is 6.13. The van der Waals surface area contributed by atoms with Crippen molar-refractivity contribution in [2.45, 2.75) is 63.1 Å². The SMILES string of the molecule is CC(=O)[C@H]1CC[C@H]2[C@@H]3CCC4=CC(=O)C=C[C@]4(C)[C@@]3(Cl)[C@@H](Cl)C[C@]12C. The Bertz CT molecular complexity index is 711. The Hall–Kier alpha value is -0.600. The van der Waals surface area contributed by atoms with Crippen LogP contribution in [0.4, 0.5) is 0 Å². The van der Waals surface area contributed by atoms with Crippen LogP contribution in [0, 0.1) is 28.6 Å². The van der Waals surface area contributed by atoms with E-state index in [1.54, 1.807) is 19.1 Å². The van der Waals surface area contributed by atoms with Gasteiger partial charge in [-0.3, -0.25) is 9.59 Å². The summed E-state index contributed by atoms with van der Waals surface area (Å²) in [6.07, 6.45) is 10.1. The highest BCUT2D eigenvalue weighted by Crippen LogP contribution is 2.70. The van der Waals surface area contributed by atoms with E-state index in [1.165, 1.54) is 0 Å². The molecule has 0 amide bonds. The van der Waals surface area contributed by atoms with Crippen LogP contribution in [0.3, 0.4) is 0 Å². The van der Waals surface area contributed by atoms with Gasteiger partial charge < -0.3 is 0 Å². The molecule has 136 valence electrons. The Balaban J connectivity index is 1.81. The van der Waals surface area contributed by atoms with Crippen LogP contribution in [-0.4, -0.2) is 21.8 Å². The number of alkyl halides is 2. The van der Waals surface area contributed by atoms with Crippen molar-refractivity contribution < 1.29 is 9.59 Å². The van der Waals surface area contributed by atoms with Gasteiger partial charge in [-0.2, -0.15) is 0 Å². The van der Waals surface area contributed by atoms with E-state index in [4.69, 9.17) is 23.2 Å². The number of allylic oxidation sites excluding steroid dienone is 4. The van der Waals surface area contributed by atoms with Gasteiger partial charge in [0.05, 0.1) is 10.3 Å². The fraction of sp³-hybridized carbons (Fsp3) is 0.714. The molecular weight excluding hydrogens is 355 g/mol. The summed E-state index contributed by atoms with van der Waals surface area (Å²) in [7, 11) is 0. The van der Waals surface area contributed by atoms with Gasteiger partial charge in [-0.25, -0.2) is 0 Å². The first-order valence-electron chi connectivity index (χ1n) is 9.42. The monoisotopic (exact) mass is 380 g/mol. The van der Waals surface area contributed by atoms with Gasteiger partial charge in [0.25, 0.3) is 0 Å². The molecule has 3 saturated carbocycles. The fourth-order valence-corrected chi connectivity index (χ4v) is 8.05.